The number of fused-ring (bicyclic) bond motifs is 4. The third-order valence-electron chi connectivity index (χ3n) is 7.97. The molecule has 5 heteroatoms. The average Bonchev–Trinajstić information content (AvgIpc) is 3.35. The van der Waals surface area contributed by atoms with E-state index < -0.39 is 0 Å². The van der Waals surface area contributed by atoms with Crippen LogP contribution in [0.1, 0.15) is 51.5 Å². The molecule has 2 saturated heterocycles. The summed E-state index contributed by atoms with van der Waals surface area (Å²) in [6.45, 7) is 4.83. The normalized spacial score (nSPS) is 27.0. The van der Waals surface area contributed by atoms with E-state index in [4.69, 9.17) is 4.74 Å². The lowest BCUT2D eigenvalue weighted by molar-refractivity contribution is -0.138. The van der Waals surface area contributed by atoms with Gasteiger partial charge in [0.2, 0.25) is 11.8 Å². The molecule has 3 aliphatic rings. The summed E-state index contributed by atoms with van der Waals surface area (Å²) >= 11 is 0. The number of carbonyl (C=O) groups is 2. The summed E-state index contributed by atoms with van der Waals surface area (Å²) in [6, 6.07) is 11.7. The number of allylic oxidation sites excluding steroid dienone is 2. The van der Waals surface area contributed by atoms with Crippen molar-refractivity contribution in [2.75, 3.05) is 13.7 Å². The van der Waals surface area contributed by atoms with Gasteiger partial charge in [0.25, 0.3) is 0 Å². The molecular formula is C29H33NO4. The molecule has 34 heavy (non-hydrogen) atoms. The molecule has 4 atom stereocenters. The van der Waals surface area contributed by atoms with Crippen molar-refractivity contribution in [3.05, 3.63) is 58.7 Å². The second-order valence-electron chi connectivity index (χ2n) is 10.0. The number of hydrogen-bond donors (Lipinski definition) is 1. The highest BCUT2D eigenvalue weighted by Crippen LogP contribution is 2.49. The first-order valence-electron chi connectivity index (χ1n) is 12.4. The molecule has 5 nitrogen and oxygen atoms in total. The van der Waals surface area contributed by atoms with Crippen molar-refractivity contribution in [1.29, 1.82) is 0 Å². The van der Waals surface area contributed by atoms with E-state index in [1.165, 1.54) is 21.6 Å². The third kappa shape index (κ3) is 3.76. The summed E-state index contributed by atoms with van der Waals surface area (Å²) < 4.78 is 6.26. The van der Waals surface area contributed by atoms with Gasteiger partial charge in [0.15, 0.2) is 0 Å². The number of hydrogen-bond acceptors (Lipinski definition) is 4. The maximum atomic E-state index is 12.8. The number of imide groups is 1. The summed E-state index contributed by atoms with van der Waals surface area (Å²) in [5.41, 5.74) is 4.99. The highest BCUT2D eigenvalue weighted by molar-refractivity contribution is 6.05. The lowest BCUT2D eigenvalue weighted by Gasteiger charge is -2.30. The molecule has 2 heterocycles. The minimum atomic E-state index is -0.254. The summed E-state index contributed by atoms with van der Waals surface area (Å²) in [4.78, 5) is 26.7. The van der Waals surface area contributed by atoms with Crippen molar-refractivity contribution >= 4 is 28.7 Å². The smallest absolute Gasteiger partial charge is 0.233 e. The highest BCUT2D eigenvalue weighted by atomic mass is 16.5. The third-order valence-corrected chi connectivity index (χ3v) is 7.97. The minimum absolute atomic E-state index is 0.0107. The van der Waals surface area contributed by atoms with E-state index in [1.54, 1.807) is 13.1 Å². The second kappa shape index (κ2) is 9.03. The number of rotatable bonds is 6. The Kier molecular flexibility index (Phi) is 6.07. The van der Waals surface area contributed by atoms with Gasteiger partial charge in [0, 0.05) is 18.4 Å². The maximum absolute atomic E-state index is 12.8. The minimum Gasteiger partial charge on any atom is -0.507 e. The Morgan fingerprint density at radius 2 is 1.85 bits per heavy atom. The van der Waals surface area contributed by atoms with Crippen LogP contribution < -0.4 is 0 Å². The summed E-state index contributed by atoms with van der Waals surface area (Å²) in [5, 5.41) is 12.2. The van der Waals surface area contributed by atoms with Gasteiger partial charge >= 0.3 is 0 Å². The molecule has 2 aromatic carbocycles. The molecule has 0 unspecified atom stereocenters. The van der Waals surface area contributed by atoms with E-state index >= 15 is 0 Å². The molecule has 0 aromatic heterocycles. The van der Waals surface area contributed by atoms with E-state index in [0.29, 0.717) is 18.8 Å². The van der Waals surface area contributed by atoms with Gasteiger partial charge in [-0.25, -0.2) is 0 Å². The van der Waals surface area contributed by atoms with Crippen LogP contribution >= 0.6 is 0 Å². The SMILES string of the molecule is CCC/C(=C\c1ccc(O)c2ccccc12)CC[C@H]1OC[C@H]2C1=C(C)C[C@H]1C(=O)N(C)C(=O)[C@H]12. The molecule has 0 bridgehead atoms. The molecule has 0 saturated carbocycles. The molecule has 5 rings (SSSR count). The molecule has 0 radical (unpaired) electrons. The number of phenolic OH excluding ortho intramolecular Hbond substituents is 1. The number of phenols is 1. The average molecular weight is 460 g/mol. The predicted octanol–water partition coefficient (Wildman–Crippen LogP) is 5.48. The van der Waals surface area contributed by atoms with Crippen molar-refractivity contribution in [3.63, 3.8) is 0 Å². The van der Waals surface area contributed by atoms with Crippen LogP contribution in [0.25, 0.3) is 16.8 Å². The Hall–Kier alpha value is -2.92. The molecule has 2 fully saturated rings. The Balaban J connectivity index is 1.38. The predicted molar refractivity (Wildman–Crippen MR) is 133 cm³/mol. The van der Waals surface area contributed by atoms with Gasteiger partial charge in [-0.3, -0.25) is 14.5 Å². The Morgan fingerprint density at radius 3 is 2.62 bits per heavy atom. The lowest BCUT2D eigenvalue weighted by atomic mass is 9.70. The number of carbonyl (C=O) groups excluding carboxylic acids is 2. The van der Waals surface area contributed by atoms with Crippen LogP contribution in [0.4, 0.5) is 0 Å². The fourth-order valence-electron chi connectivity index (χ4n) is 6.35. The van der Waals surface area contributed by atoms with E-state index in [0.717, 1.165) is 42.0 Å². The molecule has 2 amide bonds. The van der Waals surface area contributed by atoms with Crippen molar-refractivity contribution < 1.29 is 19.4 Å². The van der Waals surface area contributed by atoms with Crippen molar-refractivity contribution in [2.24, 2.45) is 17.8 Å². The van der Waals surface area contributed by atoms with E-state index in [1.807, 2.05) is 24.3 Å². The van der Waals surface area contributed by atoms with Crippen LogP contribution in [0, 0.1) is 17.8 Å². The van der Waals surface area contributed by atoms with E-state index in [9.17, 15) is 14.7 Å². The van der Waals surface area contributed by atoms with Crippen molar-refractivity contribution in [2.45, 2.75) is 52.1 Å². The van der Waals surface area contributed by atoms with Gasteiger partial charge in [0.1, 0.15) is 5.75 Å². The molecule has 0 spiro atoms. The number of aromatic hydroxyl groups is 1. The Morgan fingerprint density at radius 1 is 1.09 bits per heavy atom. The van der Waals surface area contributed by atoms with Gasteiger partial charge in [-0.2, -0.15) is 0 Å². The van der Waals surface area contributed by atoms with Crippen molar-refractivity contribution in [1.82, 2.24) is 4.90 Å². The number of nitrogens with zero attached hydrogens (tertiary/aromatic N) is 1. The van der Waals surface area contributed by atoms with Gasteiger partial charge in [-0.05, 0) is 55.2 Å². The first kappa shape index (κ1) is 22.9. The zero-order valence-electron chi connectivity index (χ0n) is 20.2. The summed E-state index contributed by atoms with van der Waals surface area (Å²) in [7, 11) is 1.61. The maximum Gasteiger partial charge on any atom is 0.233 e. The van der Waals surface area contributed by atoms with Gasteiger partial charge in [-0.1, -0.05) is 60.9 Å². The van der Waals surface area contributed by atoms with Gasteiger partial charge < -0.3 is 9.84 Å². The van der Waals surface area contributed by atoms with Crippen LogP contribution in [0.3, 0.4) is 0 Å². The largest absolute Gasteiger partial charge is 0.507 e. The molecule has 178 valence electrons. The Bertz CT molecular complexity index is 1210. The molecule has 2 aliphatic heterocycles. The van der Waals surface area contributed by atoms with E-state index in [-0.39, 0.29) is 35.7 Å². The monoisotopic (exact) mass is 459 g/mol. The zero-order chi connectivity index (χ0) is 24.0. The topological polar surface area (TPSA) is 66.8 Å². The van der Waals surface area contributed by atoms with Crippen LogP contribution in [-0.2, 0) is 14.3 Å². The fraction of sp³-hybridized carbons (Fsp3) is 0.448. The number of benzene rings is 2. The standard InChI is InChI=1S/C29H33NO4/c1-4-7-18(15-19-11-12-24(31)21-9-6-5-8-20(19)21)10-13-25-26-17(2)14-22-27(23(26)16-34-25)29(33)30(3)28(22)32/h5-6,8-9,11-12,15,22-23,25,27,31H,4,7,10,13-14,16H2,1-3H3/b18-15+/t22-,23+,25-,27-/m1/s1. The van der Waals surface area contributed by atoms with Crippen molar-refractivity contribution in [3.8, 4) is 5.75 Å². The summed E-state index contributed by atoms with van der Waals surface area (Å²) in [6.07, 6.45) is 6.80. The molecule has 2 aromatic rings. The summed E-state index contributed by atoms with van der Waals surface area (Å²) in [5.74, 6) is -0.211. The second-order valence-corrected chi connectivity index (χ2v) is 10.0. The first-order chi connectivity index (χ1) is 16.4. The fourth-order valence-corrected chi connectivity index (χ4v) is 6.35. The molecule has 1 N–H and O–H groups in total. The van der Waals surface area contributed by atoms with Crippen LogP contribution in [0.5, 0.6) is 5.75 Å². The van der Waals surface area contributed by atoms with Gasteiger partial charge in [0.05, 0.1) is 24.5 Å². The quantitative estimate of drug-likeness (QED) is 0.459. The first-order valence-corrected chi connectivity index (χ1v) is 12.4. The molecular weight excluding hydrogens is 426 g/mol. The van der Waals surface area contributed by atoms with E-state index in [2.05, 4.69) is 26.0 Å². The van der Waals surface area contributed by atoms with Crippen LogP contribution in [0.15, 0.2) is 53.1 Å². The van der Waals surface area contributed by atoms with Crippen LogP contribution in [0.2, 0.25) is 0 Å². The Labute approximate surface area is 201 Å². The lowest BCUT2D eigenvalue weighted by Crippen LogP contribution is -2.33. The number of ether oxygens (including phenoxy) is 1. The van der Waals surface area contributed by atoms with Gasteiger partial charge in [-0.15, -0.1) is 0 Å². The highest BCUT2D eigenvalue weighted by Gasteiger charge is 2.55. The van der Waals surface area contributed by atoms with Crippen LogP contribution in [-0.4, -0.2) is 41.6 Å². The number of amides is 2. The number of likely N-dealkylation sites (tertiary alicyclic amines) is 1. The molecule has 1 aliphatic carbocycles. The zero-order valence-corrected chi connectivity index (χ0v) is 20.2.